The molecule has 3 heterocycles. The van der Waals surface area contributed by atoms with E-state index < -0.39 is 0 Å². The Kier molecular flexibility index (Phi) is 5.05. The summed E-state index contributed by atoms with van der Waals surface area (Å²) in [5, 5.41) is 4.23. The standard InChI is InChI=1S/C21H25N5O/c1-2-26-16-19(13-23-26)21(27)25-11-6-9-18(15-25)20-22-10-12-24(20)14-17-7-4-3-5-8-17/h3-5,7-8,10,12-13,16,18H,2,6,9,11,14-15H2,1H3/t18-/m1/s1. The minimum Gasteiger partial charge on any atom is -0.338 e. The number of amides is 1. The fourth-order valence-electron chi connectivity index (χ4n) is 3.80. The van der Waals surface area contributed by atoms with E-state index in [0.717, 1.165) is 38.3 Å². The smallest absolute Gasteiger partial charge is 0.257 e. The van der Waals surface area contributed by atoms with Gasteiger partial charge in [-0.1, -0.05) is 30.3 Å². The molecule has 0 aliphatic carbocycles. The first-order valence-electron chi connectivity index (χ1n) is 9.61. The van der Waals surface area contributed by atoms with E-state index in [1.165, 1.54) is 5.56 Å². The molecule has 0 spiro atoms. The Balaban J connectivity index is 1.49. The van der Waals surface area contributed by atoms with Crippen molar-refractivity contribution in [2.24, 2.45) is 0 Å². The zero-order chi connectivity index (χ0) is 18.6. The van der Waals surface area contributed by atoms with Crippen molar-refractivity contribution in [3.05, 3.63) is 72.1 Å². The second kappa shape index (κ2) is 7.78. The van der Waals surface area contributed by atoms with Crippen molar-refractivity contribution in [2.75, 3.05) is 13.1 Å². The number of aryl methyl sites for hydroxylation is 1. The minimum absolute atomic E-state index is 0.0700. The molecule has 1 fully saturated rings. The van der Waals surface area contributed by atoms with Crippen LogP contribution in [0.25, 0.3) is 0 Å². The number of hydrogen-bond donors (Lipinski definition) is 0. The summed E-state index contributed by atoms with van der Waals surface area (Å²) in [6.45, 7) is 5.11. The molecule has 0 radical (unpaired) electrons. The Labute approximate surface area is 159 Å². The molecule has 0 unspecified atom stereocenters. The quantitative estimate of drug-likeness (QED) is 0.700. The maximum absolute atomic E-state index is 12.9. The molecule has 1 aliphatic rings. The molecule has 2 aromatic heterocycles. The van der Waals surface area contributed by atoms with Crippen molar-refractivity contribution >= 4 is 5.91 Å². The molecule has 27 heavy (non-hydrogen) atoms. The summed E-state index contributed by atoms with van der Waals surface area (Å²) in [5.74, 6) is 1.41. The van der Waals surface area contributed by atoms with Crippen molar-refractivity contribution < 1.29 is 4.79 Å². The van der Waals surface area contributed by atoms with E-state index in [1.54, 1.807) is 10.9 Å². The molecule has 1 amide bonds. The molecule has 6 heteroatoms. The van der Waals surface area contributed by atoms with E-state index in [2.05, 4.69) is 38.9 Å². The van der Waals surface area contributed by atoms with Crippen LogP contribution in [0.3, 0.4) is 0 Å². The summed E-state index contributed by atoms with van der Waals surface area (Å²) >= 11 is 0. The number of carbonyl (C=O) groups excluding carboxylic acids is 1. The van der Waals surface area contributed by atoms with Crippen LogP contribution in [0.1, 0.15) is 47.4 Å². The van der Waals surface area contributed by atoms with Crippen LogP contribution in [0.4, 0.5) is 0 Å². The van der Waals surface area contributed by atoms with E-state index in [0.29, 0.717) is 12.1 Å². The average Bonchev–Trinajstić information content (AvgIpc) is 3.38. The van der Waals surface area contributed by atoms with Gasteiger partial charge in [0, 0.05) is 50.7 Å². The summed E-state index contributed by atoms with van der Waals surface area (Å²) in [6, 6.07) is 10.4. The number of aromatic nitrogens is 4. The van der Waals surface area contributed by atoms with Crippen LogP contribution in [0.15, 0.2) is 55.1 Å². The van der Waals surface area contributed by atoms with Crippen molar-refractivity contribution in [1.29, 1.82) is 0 Å². The van der Waals surface area contributed by atoms with E-state index in [4.69, 9.17) is 0 Å². The third-order valence-corrected chi connectivity index (χ3v) is 5.22. The lowest BCUT2D eigenvalue weighted by atomic mass is 9.96. The molecule has 1 saturated heterocycles. The van der Waals surface area contributed by atoms with Crippen LogP contribution in [-0.4, -0.2) is 43.2 Å². The van der Waals surface area contributed by atoms with Crippen LogP contribution in [-0.2, 0) is 13.1 Å². The van der Waals surface area contributed by atoms with Crippen LogP contribution in [0.5, 0.6) is 0 Å². The summed E-state index contributed by atoms with van der Waals surface area (Å²) in [7, 11) is 0. The normalized spacial score (nSPS) is 17.2. The number of nitrogens with zero attached hydrogens (tertiary/aromatic N) is 5. The highest BCUT2D eigenvalue weighted by molar-refractivity contribution is 5.93. The zero-order valence-electron chi connectivity index (χ0n) is 15.7. The lowest BCUT2D eigenvalue weighted by Gasteiger charge is -2.32. The predicted octanol–water partition coefficient (Wildman–Crippen LogP) is 3.17. The van der Waals surface area contributed by atoms with Crippen molar-refractivity contribution in [3.63, 3.8) is 0 Å². The number of benzene rings is 1. The SMILES string of the molecule is CCn1cc(C(=O)N2CCC[C@@H](c3nccn3Cc3ccccc3)C2)cn1. The molecule has 140 valence electrons. The summed E-state index contributed by atoms with van der Waals surface area (Å²) in [5.41, 5.74) is 1.93. The largest absolute Gasteiger partial charge is 0.338 e. The fourth-order valence-corrected chi connectivity index (χ4v) is 3.80. The lowest BCUT2D eigenvalue weighted by molar-refractivity contribution is 0.0703. The lowest BCUT2D eigenvalue weighted by Crippen LogP contribution is -2.39. The number of hydrogen-bond acceptors (Lipinski definition) is 3. The molecule has 3 aromatic rings. The average molecular weight is 363 g/mol. The highest BCUT2D eigenvalue weighted by Crippen LogP contribution is 2.27. The first-order chi connectivity index (χ1) is 13.2. The third-order valence-electron chi connectivity index (χ3n) is 5.22. The number of piperidine rings is 1. The van der Waals surface area contributed by atoms with E-state index in [9.17, 15) is 4.79 Å². The van der Waals surface area contributed by atoms with Gasteiger partial charge in [-0.25, -0.2) is 4.98 Å². The summed E-state index contributed by atoms with van der Waals surface area (Å²) in [4.78, 5) is 19.4. The Morgan fingerprint density at radius 1 is 1.26 bits per heavy atom. The number of rotatable bonds is 5. The van der Waals surface area contributed by atoms with Crippen LogP contribution in [0.2, 0.25) is 0 Å². The van der Waals surface area contributed by atoms with E-state index >= 15 is 0 Å². The number of carbonyl (C=O) groups is 1. The van der Waals surface area contributed by atoms with E-state index in [-0.39, 0.29) is 11.8 Å². The summed E-state index contributed by atoms with van der Waals surface area (Å²) < 4.78 is 4.00. The van der Waals surface area contributed by atoms with Gasteiger partial charge in [-0.15, -0.1) is 0 Å². The molecule has 0 saturated carbocycles. The monoisotopic (exact) mass is 363 g/mol. The van der Waals surface area contributed by atoms with Crippen molar-refractivity contribution in [1.82, 2.24) is 24.2 Å². The molecule has 4 rings (SSSR count). The van der Waals surface area contributed by atoms with Gasteiger partial charge in [0.1, 0.15) is 5.82 Å². The van der Waals surface area contributed by atoms with Gasteiger partial charge < -0.3 is 9.47 Å². The Morgan fingerprint density at radius 2 is 2.11 bits per heavy atom. The first kappa shape index (κ1) is 17.5. The van der Waals surface area contributed by atoms with Gasteiger partial charge in [0.25, 0.3) is 5.91 Å². The first-order valence-corrected chi connectivity index (χ1v) is 9.61. The van der Waals surface area contributed by atoms with Gasteiger partial charge in [-0.2, -0.15) is 5.10 Å². The molecular formula is C21H25N5O. The van der Waals surface area contributed by atoms with Gasteiger partial charge in [0.15, 0.2) is 0 Å². The second-order valence-electron chi connectivity index (χ2n) is 7.07. The number of likely N-dealkylation sites (tertiary alicyclic amines) is 1. The molecule has 1 aliphatic heterocycles. The molecule has 0 N–H and O–H groups in total. The molecule has 1 aromatic carbocycles. The fraction of sp³-hybridized carbons (Fsp3) is 0.381. The second-order valence-corrected chi connectivity index (χ2v) is 7.07. The predicted molar refractivity (Wildman–Crippen MR) is 104 cm³/mol. The Bertz CT molecular complexity index is 898. The van der Waals surface area contributed by atoms with Gasteiger partial charge in [-0.3, -0.25) is 9.48 Å². The molecule has 1 atom stereocenters. The Morgan fingerprint density at radius 3 is 2.89 bits per heavy atom. The van der Waals surface area contributed by atoms with Crippen LogP contribution in [0, 0.1) is 0 Å². The molecular weight excluding hydrogens is 338 g/mol. The van der Waals surface area contributed by atoms with Crippen molar-refractivity contribution in [3.8, 4) is 0 Å². The van der Waals surface area contributed by atoms with Gasteiger partial charge in [-0.05, 0) is 25.3 Å². The topological polar surface area (TPSA) is 56.0 Å². The Hall–Kier alpha value is -2.89. The number of imidazole rings is 1. The van der Waals surface area contributed by atoms with Gasteiger partial charge in [0.2, 0.25) is 0 Å². The highest BCUT2D eigenvalue weighted by atomic mass is 16.2. The minimum atomic E-state index is 0.0700. The highest BCUT2D eigenvalue weighted by Gasteiger charge is 2.28. The maximum Gasteiger partial charge on any atom is 0.257 e. The van der Waals surface area contributed by atoms with Gasteiger partial charge in [0.05, 0.1) is 11.8 Å². The maximum atomic E-state index is 12.9. The van der Waals surface area contributed by atoms with Crippen molar-refractivity contribution in [2.45, 2.75) is 38.8 Å². The van der Waals surface area contributed by atoms with E-state index in [1.807, 2.05) is 36.5 Å². The van der Waals surface area contributed by atoms with Crippen LogP contribution >= 0.6 is 0 Å². The molecule has 0 bridgehead atoms. The molecule has 6 nitrogen and oxygen atoms in total. The summed E-state index contributed by atoms with van der Waals surface area (Å²) in [6.07, 6.45) is 9.47. The van der Waals surface area contributed by atoms with Crippen LogP contribution < -0.4 is 0 Å². The third kappa shape index (κ3) is 3.79. The van der Waals surface area contributed by atoms with Gasteiger partial charge >= 0.3 is 0 Å². The zero-order valence-corrected chi connectivity index (χ0v) is 15.7.